The molecule has 4 rings (SSSR count). The molecule has 0 N–H and O–H groups in total. The summed E-state index contributed by atoms with van der Waals surface area (Å²) in [6.07, 6.45) is 0. The van der Waals surface area contributed by atoms with Gasteiger partial charge in [-0.3, -0.25) is 9.98 Å². The summed E-state index contributed by atoms with van der Waals surface area (Å²) in [6, 6.07) is 22.0. The van der Waals surface area contributed by atoms with E-state index in [0.717, 1.165) is 22.8 Å². The summed E-state index contributed by atoms with van der Waals surface area (Å²) in [5, 5.41) is 2.50. The van der Waals surface area contributed by atoms with E-state index in [2.05, 4.69) is 130 Å². The Kier molecular flexibility index (Phi) is 8.91. The SMILES string of the molecule is C/C(=N\c1c(C(C)C)cccc1C(C)C)c1sc(/C(C)=N/c2c(C(C)C)cccc2C(C)C)c2ccccc12. The Hall–Kier alpha value is -3.04. The van der Waals surface area contributed by atoms with Crippen molar-refractivity contribution in [2.24, 2.45) is 9.98 Å². The predicted octanol–water partition coefficient (Wildman–Crippen LogP) is 11.7. The van der Waals surface area contributed by atoms with Crippen LogP contribution in [0.4, 0.5) is 11.4 Å². The molecule has 3 heteroatoms. The predicted molar refractivity (Wildman–Crippen MR) is 175 cm³/mol. The standard InChI is InChI=1S/C36H44N2S/c1-21(2)27-17-13-18-28(22(3)4)33(27)37-25(9)35-31-15-11-12-16-32(31)36(39-35)26(10)38-34-29(23(5)6)19-14-20-30(34)24(7)8/h11-24H,1-10H3/b37-25+,38-26+. The molecule has 1 heterocycles. The van der Waals surface area contributed by atoms with E-state index >= 15 is 0 Å². The van der Waals surface area contributed by atoms with E-state index < -0.39 is 0 Å². The first-order valence-corrected chi connectivity index (χ1v) is 15.2. The van der Waals surface area contributed by atoms with Gasteiger partial charge >= 0.3 is 0 Å². The van der Waals surface area contributed by atoms with Crippen molar-refractivity contribution in [2.45, 2.75) is 92.9 Å². The normalized spacial score (nSPS) is 13.1. The van der Waals surface area contributed by atoms with Gasteiger partial charge in [0.05, 0.1) is 32.6 Å². The molecule has 0 aliphatic rings. The first-order valence-electron chi connectivity index (χ1n) is 14.4. The molecule has 204 valence electrons. The zero-order chi connectivity index (χ0) is 28.4. The monoisotopic (exact) mass is 536 g/mol. The Labute approximate surface area is 239 Å². The van der Waals surface area contributed by atoms with E-state index in [1.807, 2.05) is 11.3 Å². The molecule has 0 aliphatic carbocycles. The molecule has 0 saturated heterocycles. The summed E-state index contributed by atoms with van der Waals surface area (Å²) in [4.78, 5) is 13.1. The van der Waals surface area contributed by atoms with Crippen LogP contribution in [0.15, 0.2) is 70.6 Å². The van der Waals surface area contributed by atoms with Gasteiger partial charge in [-0.1, -0.05) is 116 Å². The molecule has 0 fully saturated rings. The molecule has 0 saturated carbocycles. The zero-order valence-corrected chi connectivity index (χ0v) is 26.2. The van der Waals surface area contributed by atoms with Crippen molar-refractivity contribution in [2.75, 3.05) is 0 Å². The Morgan fingerprint density at radius 2 is 0.795 bits per heavy atom. The molecule has 3 aromatic carbocycles. The van der Waals surface area contributed by atoms with Crippen LogP contribution in [-0.4, -0.2) is 11.4 Å². The molecule has 0 radical (unpaired) electrons. The fourth-order valence-electron chi connectivity index (χ4n) is 5.35. The largest absolute Gasteiger partial charge is 0.252 e. The number of hydrogen-bond acceptors (Lipinski definition) is 3. The third kappa shape index (κ3) is 5.94. The number of para-hydroxylation sites is 2. The Morgan fingerprint density at radius 1 is 0.487 bits per heavy atom. The Balaban J connectivity index is 1.91. The van der Waals surface area contributed by atoms with Gasteiger partial charge in [-0.05, 0) is 59.8 Å². The molecule has 0 bridgehead atoms. The molecule has 0 unspecified atom stereocenters. The molecule has 39 heavy (non-hydrogen) atoms. The molecular formula is C36H44N2S. The lowest BCUT2D eigenvalue weighted by Crippen LogP contribution is -1.99. The zero-order valence-electron chi connectivity index (χ0n) is 25.4. The fourth-order valence-corrected chi connectivity index (χ4v) is 6.51. The summed E-state index contributed by atoms with van der Waals surface area (Å²) >= 11 is 1.82. The van der Waals surface area contributed by atoms with Crippen LogP contribution in [0.5, 0.6) is 0 Å². The van der Waals surface area contributed by atoms with Crippen molar-refractivity contribution in [3.63, 3.8) is 0 Å². The Bertz CT molecular complexity index is 1360. The minimum atomic E-state index is 0.413. The van der Waals surface area contributed by atoms with E-state index in [-0.39, 0.29) is 0 Å². The van der Waals surface area contributed by atoms with Crippen LogP contribution >= 0.6 is 11.3 Å². The van der Waals surface area contributed by atoms with Crippen LogP contribution in [0, 0.1) is 0 Å². The maximum Gasteiger partial charge on any atom is 0.0702 e. The molecule has 0 aliphatic heterocycles. The number of fused-ring (bicyclic) bond motifs is 1. The summed E-state index contributed by atoms with van der Waals surface area (Å²) < 4.78 is 0. The lowest BCUT2D eigenvalue weighted by Gasteiger charge is -2.17. The lowest BCUT2D eigenvalue weighted by atomic mass is 9.93. The molecule has 0 amide bonds. The molecule has 0 spiro atoms. The number of nitrogens with zero attached hydrogens (tertiary/aromatic N) is 2. The molecule has 0 atom stereocenters. The number of aliphatic imine (C=N–C) groups is 2. The summed E-state index contributed by atoms with van der Waals surface area (Å²) in [5.41, 5.74) is 9.65. The van der Waals surface area contributed by atoms with Crippen LogP contribution < -0.4 is 0 Å². The summed E-state index contributed by atoms with van der Waals surface area (Å²) in [7, 11) is 0. The van der Waals surface area contributed by atoms with Crippen LogP contribution in [0.1, 0.15) is 125 Å². The van der Waals surface area contributed by atoms with E-state index in [4.69, 9.17) is 9.98 Å². The first kappa shape index (κ1) is 29.0. The molecule has 4 aromatic rings. The highest BCUT2D eigenvalue weighted by Gasteiger charge is 2.19. The number of hydrogen-bond donors (Lipinski definition) is 0. The maximum absolute atomic E-state index is 5.34. The van der Waals surface area contributed by atoms with Crippen molar-refractivity contribution >= 4 is 44.9 Å². The van der Waals surface area contributed by atoms with Crippen molar-refractivity contribution < 1.29 is 0 Å². The van der Waals surface area contributed by atoms with Crippen LogP contribution in [-0.2, 0) is 0 Å². The van der Waals surface area contributed by atoms with E-state index in [0.29, 0.717) is 23.7 Å². The fraction of sp³-hybridized carbons (Fsp3) is 0.389. The third-order valence-electron chi connectivity index (χ3n) is 7.52. The smallest absolute Gasteiger partial charge is 0.0702 e. The van der Waals surface area contributed by atoms with Crippen molar-refractivity contribution in [3.8, 4) is 0 Å². The molecule has 1 aromatic heterocycles. The average Bonchev–Trinajstić information content (AvgIpc) is 3.28. The van der Waals surface area contributed by atoms with E-state index in [9.17, 15) is 0 Å². The minimum absolute atomic E-state index is 0.413. The van der Waals surface area contributed by atoms with Crippen LogP contribution in [0.2, 0.25) is 0 Å². The van der Waals surface area contributed by atoms with Crippen LogP contribution in [0.3, 0.4) is 0 Å². The molecular weight excluding hydrogens is 492 g/mol. The highest BCUT2D eigenvalue weighted by molar-refractivity contribution is 7.18. The second-order valence-corrected chi connectivity index (χ2v) is 12.9. The van der Waals surface area contributed by atoms with Crippen molar-refractivity contribution in [1.29, 1.82) is 0 Å². The van der Waals surface area contributed by atoms with Crippen molar-refractivity contribution in [3.05, 3.63) is 92.7 Å². The van der Waals surface area contributed by atoms with Gasteiger partial charge in [0.25, 0.3) is 0 Å². The van der Waals surface area contributed by atoms with Gasteiger partial charge in [0.2, 0.25) is 0 Å². The topological polar surface area (TPSA) is 24.7 Å². The third-order valence-corrected chi connectivity index (χ3v) is 8.96. The second kappa shape index (κ2) is 12.0. The average molecular weight is 537 g/mol. The number of rotatable bonds is 8. The van der Waals surface area contributed by atoms with E-state index in [1.165, 1.54) is 42.8 Å². The second-order valence-electron chi connectivity index (χ2n) is 11.9. The van der Waals surface area contributed by atoms with Gasteiger partial charge in [-0.15, -0.1) is 11.3 Å². The highest BCUT2D eigenvalue weighted by Crippen LogP contribution is 2.39. The number of benzene rings is 3. The maximum atomic E-state index is 5.34. The van der Waals surface area contributed by atoms with Gasteiger partial charge in [0.1, 0.15) is 0 Å². The number of thiophene rings is 1. The quantitative estimate of drug-likeness (QED) is 0.200. The van der Waals surface area contributed by atoms with Crippen molar-refractivity contribution in [1.82, 2.24) is 0 Å². The molecule has 2 nitrogen and oxygen atoms in total. The highest BCUT2D eigenvalue weighted by atomic mass is 32.1. The lowest BCUT2D eigenvalue weighted by molar-refractivity contribution is 0.834. The van der Waals surface area contributed by atoms with Gasteiger partial charge in [-0.25, -0.2) is 0 Å². The minimum Gasteiger partial charge on any atom is -0.252 e. The Morgan fingerprint density at radius 3 is 1.08 bits per heavy atom. The summed E-state index contributed by atoms with van der Waals surface area (Å²) in [6.45, 7) is 22.4. The van der Waals surface area contributed by atoms with Gasteiger partial charge in [0.15, 0.2) is 0 Å². The summed E-state index contributed by atoms with van der Waals surface area (Å²) in [5.74, 6) is 1.65. The van der Waals surface area contributed by atoms with Gasteiger partial charge < -0.3 is 0 Å². The first-order chi connectivity index (χ1) is 18.5. The van der Waals surface area contributed by atoms with Crippen LogP contribution in [0.25, 0.3) is 10.8 Å². The van der Waals surface area contributed by atoms with Gasteiger partial charge in [0, 0.05) is 10.8 Å². The van der Waals surface area contributed by atoms with Gasteiger partial charge in [-0.2, -0.15) is 0 Å². The van der Waals surface area contributed by atoms with E-state index in [1.54, 1.807) is 0 Å².